The highest BCUT2D eigenvalue weighted by molar-refractivity contribution is 7.98. The van der Waals surface area contributed by atoms with E-state index in [1.165, 1.54) is 16.2 Å². The van der Waals surface area contributed by atoms with Crippen molar-refractivity contribution < 1.29 is 0 Å². The summed E-state index contributed by atoms with van der Waals surface area (Å²) in [5, 5.41) is 6.90. The van der Waals surface area contributed by atoms with Crippen LogP contribution in [0.4, 0.5) is 0 Å². The summed E-state index contributed by atoms with van der Waals surface area (Å²) in [6, 6.07) is 8.96. The number of nitrogens with one attached hydrogen (secondary N) is 1. The Labute approximate surface area is 136 Å². The van der Waals surface area contributed by atoms with Crippen LogP contribution in [-0.2, 0) is 5.41 Å². The molecule has 0 aliphatic rings. The maximum absolute atomic E-state index is 4.87. The van der Waals surface area contributed by atoms with E-state index in [0.29, 0.717) is 0 Å². The van der Waals surface area contributed by atoms with Crippen LogP contribution in [0.3, 0.4) is 0 Å². The first kappa shape index (κ1) is 16.5. The minimum absolute atomic E-state index is 0.105. The van der Waals surface area contributed by atoms with Crippen molar-refractivity contribution in [1.82, 2.24) is 10.3 Å². The molecular weight excluding hydrogens is 296 g/mol. The van der Waals surface area contributed by atoms with E-state index in [1.54, 1.807) is 23.1 Å². The van der Waals surface area contributed by atoms with Gasteiger partial charge in [-0.2, -0.15) is 0 Å². The average Bonchev–Trinajstić information content (AvgIpc) is 2.94. The molecule has 2 nitrogen and oxygen atoms in total. The van der Waals surface area contributed by atoms with E-state index < -0.39 is 0 Å². The first-order chi connectivity index (χ1) is 9.95. The fraction of sp³-hybridized carbons (Fsp3) is 0.471. The number of nitrogens with zero attached hydrogens (tertiary/aromatic N) is 1. The van der Waals surface area contributed by atoms with Crippen molar-refractivity contribution in [2.45, 2.75) is 44.0 Å². The maximum atomic E-state index is 4.87. The summed E-state index contributed by atoms with van der Waals surface area (Å²) >= 11 is 3.52. The van der Waals surface area contributed by atoms with Gasteiger partial charge in [-0.25, -0.2) is 4.98 Å². The Balaban J connectivity index is 2.31. The van der Waals surface area contributed by atoms with Crippen molar-refractivity contribution in [2.75, 3.05) is 12.8 Å². The number of thioether (sulfide) groups is 1. The Bertz CT molecular complexity index is 567. The summed E-state index contributed by atoms with van der Waals surface area (Å²) in [6.07, 6.45) is 2.10. The number of rotatable bonds is 5. The van der Waals surface area contributed by atoms with Crippen molar-refractivity contribution in [1.29, 1.82) is 0 Å². The van der Waals surface area contributed by atoms with Crippen LogP contribution in [-0.4, -0.2) is 17.8 Å². The molecule has 114 valence electrons. The number of hydrogen-bond acceptors (Lipinski definition) is 4. The van der Waals surface area contributed by atoms with Gasteiger partial charge in [0.25, 0.3) is 0 Å². The van der Waals surface area contributed by atoms with Crippen LogP contribution in [0.25, 0.3) is 0 Å². The highest BCUT2D eigenvalue weighted by Gasteiger charge is 2.22. The summed E-state index contributed by atoms with van der Waals surface area (Å²) in [6.45, 7) is 9.70. The molecule has 2 aromatic rings. The minimum Gasteiger partial charge on any atom is -0.305 e. The molecule has 0 bridgehead atoms. The van der Waals surface area contributed by atoms with Crippen LogP contribution in [0.15, 0.2) is 34.5 Å². The number of thiazole rings is 1. The van der Waals surface area contributed by atoms with Crippen molar-refractivity contribution in [3.8, 4) is 0 Å². The molecule has 0 aliphatic heterocycles. The lowest BCUT2D eigenvalue weighted by Crippen LogP contribution is -2.22. The number of aromatic nitrogens is 1. The smallest absolute Gasteiger partial charge is 0.114 e. The zero-order valence-corrected chi connectivity index (χ0v) is 15.1. The van der Waals surface area contributed by atoms with E-state index in [9.17, 15) is 0 Å². The average molecular weight is 321 g/mol. The normalized spacial score (nSPS) is 13.4. The van der Waals surface area contributed by atoms with Gasteiger partial charge in [0.05, 0.1) is 11.7 Å². The van der Waals surface area contributed by atoms with Gasteiger partial charge in [-0.15, -0.1) is 23.1 Å². The fourth-order valence-electron chi connectivity index (χ4n) is 2.11. The van der Waals surface area contributed by atoms with E-state index in [4.69, 9.17) is 4.98 Å². The standard InChI is InChI=1S/C17H24N2S2/c1-6-18-15(12-7-9-13(20-5)10-8-12)16-19-14(11-21-16)17(2,3)4/h7-11,15,18H,6H2,1-5H3. The van der Waals surface area contributed by atoms with Gasteiger partial charge in [-0.05, 0) is 30.5 Å². The second-order valence-corrected chi connectivity index (χ2v) is 7.85. The molecule has 1 aromatic carbocycles. The highest BCUT2D eigenvalue weighted by atomic mass is 32.2. The molecule has 2 rings (SSSR count). The first-order valence-electron chi connectivity index (χ1n) is 7.29. The molecule has 21 heavy (non-hydrogen) atoms. The molecule has 4 heteroatoms. The van der Waals surface area contributed by atoms with Gasteiger partial charge >= 0.3 is 0 Å². The van der Waals surface area contributed by atoms with Crippen LogP contribution < -0.4 is 5.32 Å². The molecule has 1 unspecified atom stereocenters. The molecule has 0 saturated heterocycles. The van der Waals surface area contributed by atoms with Gasteiger partial charge in [0, 0.05) is 15.7 Å². The van der Waals surface area contributed by atoms with Gasteiger partial charge in [0.2, 0.25) is 0 Å². The van der Waals surface area contributed by atoms with E-state index in [1.807, 2.05) is 0 Å². The molecule has 0 aliphatic carbocycles. The largest absolute Gasteiger partial charge is 0.305 e. The fourth-order valence-corrected chi connectivity index (χ4v) is 3.67. The molecule has 1 aromatic heterocycles. The first-order valence-corrected chi connectivity index (χ1v) is 9.39. The van der Waals surface area contributed by atoms with Crippen LogP contribution >= 0.6 is 23.1 Å². The Morgan fingerprint density at radius 3 is 2.38 bits per heavy atom. The summed E-state index contributed by atoms with van der Waals surface area (Å²) in [4.78, 5) is 6.17. The lowest BCUT2D eigenvalue weighted by atomic mass is 9.93. The third-order valence-corrected chi connectivity index (χ3v) is 5.05. The molecular formula is C17H24N2S2. The zero-order valence-electron chi connectivity index (χ0n) is 13.4. The van der Waals surface area contributed by atoms with Crippen molar-refractivity contribution in [3.63, 3.8) is 0 Å². The molecule has 1 atom stereocenters. The highest BCUT2D eigenvalue weighted by Crippen LogP contribution is 2.30. The second-order valence-electron chi connectivity index (χ2n) is 6.08. The van der Waals surface area contributed by atoms with Gasteiger partial charge < -0.3 is 5.32 Å². The van der Waals surface area contributed by atoms with Gasteiger partial charge in [0.1, 0.15) is 5.01 Å². The Kier molecular flexibility index (Phi) is 5.47. The van der Waals surface area contributed by atoms with Crippen LogP contribution in [0.1, 0.15) is 50.0 Å². The summed E-state index contributed by atoms with van der Waals surface area (Å²) in [7, 11) is 0. The molecule has 0 saturated carbocycles. The summed E-state index contributed by atoms with van der Waals surface area (Å²) < 4.78 is 0. The topological polar surface area (TPSA) is 24.9 Å². The monoisotopic (exact) mass is 320 g/mol. The second kappa shape index (κ2) is 6.95. The molecule has 0 spiro atoms. The van der Waals surface area contributed by atoms with Gasteiger partial charge in [-0.3, -0.25) is 0 Å². The quantitative estimate of drug-likeness (QED) is 0.796. The van der Waals surface area contributed by atoms with Gasteiger partial charge in [-0.1, -0.05) is 39.8 Å². The van der Waals surface area contributed by atoms with Crippen molar-refractivity contribution >= 4 is 23.1 Å². The third kappa shape index (κ3) is 4.09. The predicted octanol–water partition coefficient (Wildman–Crippen LogP) is 4.86. The van der Waals surface area contributed by atoms with E-state index in [2.05, 4.69) is 68.9 Å². The van der Waals surface area contributed by atoms with E-state index in [0.717, 1.165) is 11.6 Å². The Hall–Kier alpha value is -0.840. The van der Waals surface area contributed by atoms with Crippen LogP contribution in [0, 0.1) is 0 Å². The molecule has 0 radical (unpaired) electrons. The van der Waals surface area contributed by atoms with E-state index in [-0.39, 0.29) is 11.5 Å². The minimum atomic E-state index is 0.105. The van der Waals surface area contributed by atoms with Crippen LogP contribution in [0.2, 0.25) is 0 Å². The predicted molar refractivity (Wildman–Crippen MR) is 94.6 cm³/mol. The molecule has 0 amide bonds. The molecule has 1 N–H and O–H groups in total. The van der Waals surface area contributed by atoms with E-state index >= 15 is 0 Å². The van der Waals surface area contributed by atoms with Crippen LogP contribution in [0.5, 0.6) is 0 Å². The SMILES string of the molecule is CCNC(c1ccc(SC)cc1)c1nc(C(C)(C)C)cs1. The Morgan fingerprint density at radius 2 is 1.90 bits per heavy atom. The zero-order chi connectivity index (χ0) is 15.5. The lowest BCUT2D eigenvalue weighted by Gasteiger charge is -2.18. The Morgan fingerprint density at radius 1 is 1.24 bits per heavy atom. The molecule has 0 fully saturated rings. The summed E-state index contributed by atoms with van der Waals surface area (Å²) in [5.74, 6) is 0. The van der Waals surface area contributed by atoms with Crippen molar-refractivity contribution in [3.05, 3.63) is 45.9 Å². The number of hydrogen-bond donors (Lipinski definition) is 1. The lowest BCUT2D eigenvalue weighted by molar-refractivity contribution is 0.562. The molecule has 1 heterocycles. The maximum Gasteiger partial charge on any atom is 0.114 e. The number of benzene rings is 1. The summed E-state index contributed by atoms with van der Waals surface area (Å²) in [5.41, 5.74) is 2.56. The third-order valence-electron chi connectivity index (χ3n) is 3.39. The van der Waals surface area contributed by atoms with Gasteiger partial charge in [0.15, 0.2) is 0 Å². The van der Waals surface area contributed by atoms with Crippen molar-refractivity contribution in [2.24, 2.45) is 0 Å².